The van der Waals surface area contributed by atoms with Gasteiger partial charge in [-0.15, -0.1) is 0 Å². The van der Waals surface area contributed by atoms with Crippen molar-refractivity contribution in [3.05, 3.63) is 0 Å². The SMILES string of the molecule is CN(C(=O)CCC(C)(C)C)C1CCC(C(=O)O)CC1. The zero-order valence-electron chi connectivity index (χ0n) is 12.6. The summed E-state index contributed by atoms with van der Waals surface area (Å²) in [6.45, 7) is 6.41. The van der Waals surface area contributed by atoms with Crippen LogP contribution in [-0.2, 0) is 9.59 Å². The number of nitrogens with zero attached hydrogens (tertiary/aromatic N) is 1. The van der Waals surface area contributed by atoms with E-state index in [0.717, 1.165) is 19.3 Å². The van der Waals surface area contributed by atoms with Crippen molar-refractivity contribution < 1.29 is 14.7 Å². The maximum atomic E-state index is 12.1. The Morgan fingerprint density at radius 3 is 2.11 bits per heavy atom. The fourth-order valence-corrected chi connectivity index (χ4v) is 2.57. The molecule has 1 fully saturated rings. The first kappa shape index (κ1) is 16.0. The quantitative estimate of drug-likeness (QED) is 0.853. The number of hydrogen-bond donors (Lipinski definition) is 1. The zero-order valence-corrected chi connectivity index (χ0v) is 12.6. The van der Waals surface area contributed by atoms with Crippen molar-refractivity contribution in [1.29, 1.82) is 0 Å². The van der Waals surface area contributed by atoms with E-state index in [2.05, 4.69) is 20.8 Å². The summed E-state index contributed by atoms with van der Waals surface area (Å²) in [5.74, 6) is -0.719. The molecule has 0 heterocycles. The average Bonchev–Trinajstić information content (AvgIpc) is 2.34. The van der Waals surface area contributed by atoms with Gasteiger partial charge in [-0.2, -0.15) is 0 Å². The topological polar surface area (TPSA) is 57.6 Å². The van der Waals surface area contributed by atoms with Gasteiger partial charge in [0.25, 0.3) is 0 Å². The molecular weight excluding hydrogens is 242 g/mol. The summed E-state index contributed by atoms with van der Waals surface area (Å²) in [5, 5.41) is 8.97. The highest BCUT2D eigenvalue weighted by atomic mass is 16.4. The predicted molar refractivity (Wildman–Crippen MR) is 74.8 cm³/mol. The fraction of sp³-hybridized carbons (Fsp3) is 0.867. The van der Waals surface area contributed by atoms with Crippen LogP contribution in [0.15, 0.2) is 0 Å². The molecule has 1 rings (SSSR count). The lowest BCUT2D eigenvalue weighted by atomic mass is 9.85. The standard InChI is InChI=1S/C15H27NO3/c1-15(2,3)10-9-13(17)16(4)12-7-5-11(6-8-12)14(18)19/h11-12H,5-10H2,1-4H3,(H,18,19). The van der Waals surface area contributed by atoms with E-state index in [1.165, 1.54) is 0 Å². The normalized spacial score (nSPS) is 24.0. The third kappa shape index (κ3) is 5.21. The van der Waals surface area contributed by atoms with Crippen LogP contribution < -0.4 is 0 Å². The molecule has 110 valence electrons. The number of carboxylic acid groups (broad SMARTS) is 1. The summed E-state index contributed by atoms with van der Waals surface area (Å²) in [5.41, 5.74) is 0.178. The Hall–Kier alpha value is -1.06. The molecule has 0 radical (unpaired) electrons. The summed E-state index contributed by atoms with van der Waals surface area (Å²) in [4.78, 5) is 24.8. The van der Waals surface area contributed by atoms with Crippen LogP contribution >= 0.6 is 0 Å². The summed E-state index contributed by atoms with van der Waals surface area (Å²) >= 11 is 0. The third-order valence-corrected chi connectivity index (χ3v) is 4.08. The van der Waals surface area contributed by atoms with Crippen LogP contribution in [0.25, 0.3) is 0 Å². The molecule has 1 N–H and O–H groups in total. The van der Waals surface area contributed by atoms with E-state index in [1.54, 1.807) is 0 Å². The van der Waals surface area contributed by atoms with Crippen LogP contribution in [-0.4, -0.2) is 35.0 Å². The van der Waals surface area contributed by atoms with Crippen LogP contribution in [0.4, 0.5) is 0 Å². The maximum Gasteiger partial charge on any atom is 0.306 e. The van der Waals surface area contributed by atoms with E-state index in [1.807, 2.05) is 11.9 Å². The van der Waals surface area contributed by atoms with E-state index in [9.17, 15) is 9.59 Å². The van der Waals surface area contributed by atoms with Crippen LogP contribution in [0.1, 0.15) is 59.3 Å². The molecule has 4 heteroatoms. The van der Waals surface area contributed by atoms with Crippen molar-refractivity contribution >= 4 is 11.9 Å². The molecule has 1 aliphatic carbocycles. The molecule has 0 unspecified atom stereocenters. The first-order valence-corrected chi connectivity index (χ1v) is 7.19. The number of carbonyl (C=O) groups excluding carboxylic acids is 1. The van der Waals surface area contributed by atoms with Gasteiger partial charge >= 0.3 is 5.97 Å². The van der Waals surface area contributed by atoms with E-state index in [4.69, 9.17) is 5.11 Å². The van der Waals surface area contributed by atoms with Gasteiger partial charge in [-0.3, -0.25) is 9.59 Å². The molecule has 4 nitrogen and oxygen atoms in total. The molecule has 1 amide bonds. The Balaban J connectivity index is 2.40. The minimum atomic E-state index is -0.694. The number of rotatable bonds is 4. The maximum absolute atomic E-state index is 12.1. The van der Waals surface area contributed by atoms with Gasteiger partial charge < -0.3 is 10.0 Å². The highest BCUT2D eigenvalue weighted by molar-refractivity contribution is 5.76. The number of carboxylic acids is 1. The smallest absolute Gasteiger partial charge is 0.306 e. The summed E-state index contributed by atoms with van der Waals surface area (Å²) in [7, 11) is 1.86. The van der Waals surface area contributed by atoms with Crippen molar-refractivity contribution in [2.45, 2.75) is 65.3 Å². The predicted octanol–water partition coefficient (Wildman–Crippen LogP) is 2.91. The van der Waals surface area contributed by atoms with Crippen LogP contribution in [0.5, 0.6) is 0 Å². The Morgan fingerprint density at radius 2 is 1.68 bits per heavy atom. The molecule has 0 bridgehead atoms. The van der Waals surface area contributed by atoms with Gasteiger partial charge in [0.1, 0.15) is 0 Å². The molecule has 1 aliphatic rings. The molecule has 0 saturated heterocycles. The third-order valence-electron chi connectivity index (χ3n) is 4.08. The molecule has 19 heavy (non-hydrogen) atoms. The number of hydrogen-bond acceptors (Lipinski definition) is 2. The van der Waals surface area contributed by atoms with Gasteiger partial charge in [-0.25, -0.2) is 0 Å². The van der Waals surface area contributed by atoms with Crippen molar-refractivity contribution in [2.24, 2.45) is 11.3 Å². The molecule has 0 spiro atoms. The summed E-state index contributed by atoms with van der Waals surface area (Å²) < 4.78 is 0. The largest absolute Gasteiger partial charge is 0.481 e. The minimum absolute atomic E-state index is 0.178. The van der Waals surface area contributed by atoms with Gasteiger partial charge in [0.2, 0.25) is 5.91 Å². The first-order valence-electron chi connectivity index (χ1n) is 7.19. The molecule has 0 aliphatic heterocycles. The number of amides is 1. The molecular formula is C15H27NO3. The Morgan fingerprint density at radius 1 is 1.16 bits per heavy atom. The summed E-state index contributed by atoms with van der Waals surface area (Å²) in [6, 6.07) is 0.225. The Labute approximate surface area is 116 Å². The molecule has 1 saturated carbocycles. The monoisotopic (exact) mass is 269 g/mol. The van der Waals surface area contributed by atoms with E-state index < -0.39 is 5.97 Å². The number of aliphatic carboxylic acids is 1. The van der Waals surface area contributed by atoms with Gasteiger partial charge in [0.05, 0.1) is 5.92 Å². The highest BCUT2D eigenvalue weighted by Crippen LogP contribution is 2.28. The van der Waals surface area contributed by atoms with E-state index in [-0.39, 0.29) is 23.3 Å². The van der Waals surface area contributed by atoms with Crippen molar-refractivity contribution in [1.82, 2.24) is 4.90 Å². The second-order valence-corrected chi connectivity index (χ2v) is 6.91. The molecule has 0 aromatic rings. The first-order chi connectivity index (χ1) is 8.70. The summed E-state index contributed by atoms with van der Waals surface area (Å²) in [6.07, 6.45) is 4.48. The van der Waals surface area contributed by atoms with Crippen molar-refractivity contribution in [3.8, 4) is 0 Å². The lowest BCUT2D eigenvalue weighted by Crippen LogP contribution is -2.40. The second kappa shape index (κ2) is 6.40. The fourth-order valence-electron chi connectivity index (χ4n) is 2.57. The molecule has 0 aromatic heterocycles. The average molecular weight is 269 g/mol. The Bertz CT molecular complexity index is 325. The van der Waals surface area contributed by atoms with Crippen molar-refractivity contribution in [3.63, 3.8) is 0 Å². The van der Waals surface area contributed by atoms with E-state index >= 15 is 0 Å². The molecule has 0 aromatic carbocycles. The minimum Gasteiger partial charge on any atom is -0.481 e. The highest BCUT2D eigenvalue weighted by Gasteiger charge is 2.29. The van der Waals surface area contributed by atoms with Crippen LogP contribution in [0.3, 0.4) is 0 Å². The van der Waals surface area contributed by atoms with Gasteiger partial charge in [-0.05, 0) is 37.5 Å². The van der Waals surface area contributed by atoms with Crippen LogP contribution in [0.2, 0.25) is 0 Å². The van der Waals surface area contributed by atoms with Gasteiger partial charge in [0, 0.05) is 19.5 Å². The lowest BCUT2D eigenvalue weighted by Gasteiger charge is -2.34. The number of carbonyl (C=O) groups is 2. The van der Waals surface area contributed by atoms with Crippen LogP contribution in [0, 0.1) is 11.3 Å². The van der Waals surface area contributed by atoms with E-state index in [0.29, 0.717) is 19.3 Å². The lowest BCUT2D eigenvalue weighted by molar-refractivity contribution is -0.143. The second-order valence-electron chi connectivity index (χ2n) is 6.91. The van der Waals surface area contributed by atoms with Crippen molar-refractivity contribution in [2.75, 3.05) is 7.05 Å². The van der Waals surface area contributed by atoms with Gasteiger partial charge in [0.15, 0.2) is 0 Å². The van der Waals surface area contributed by atoms with Gasteiger partial charge in [-0.1, -0.05) is 20.8 Å². The Kier molecular flexibility index (Phi) is 5.39. The molecule has 0 atom stereocenters. The zero-order chi connectivity index (χ0) is 14.6.